The Hall–Kier alpha value is -2.12. The fraction of sp³-hybridized carbons (Fsp3) is 0.333. The van der Waals surface area contributed by atoms with Crippen molar-refractivity contribution in [3.8, 4) is 17.5 Å². The van der Waals surface area contributed by atoms with Crippen LogP contribution in [-0.2, 0) is 0 Å². The molecule has 1 unspecified atom stereocenters. The van der Waals surface area contributed by atoms with Gasteiger partial charge in [0.1, 0.15) is 5.69 Å². The van der Waals surface area contributed by atoms with Crippen LogP contribution in [0.1, 0.15) is 32.0 Å². The average Bonchev–Trinajstić information content (AvgIpc) is 2.94. The molecule has 2 rings (SSSR count). The molecule has 0 amide bonds. The molecule has 19 heavy (non-hydrogen) atoms. The van der Waals surface area contributed by atoms with Gasteiger partial charge in [0.25, 0.3) is 0 Å². The van der Waals surface area contributed by atoms with Crippen LogP contribution in [-0.4, -0.2) is 21.5 Å². The second-order valence-electron chi connectivity index (χ2n) is 4.14. The van der Waals surface area contributed by atoms with Crippen molar-refractivity contribution in [2.75, 3.05) is 6.54 Å². The van der Waals surface area contributed by atoms with Crippen molar-refractivity contribution in [1.82, 2.24) is 20.3 Å². The van der Waals surface area contributed by atoms with Crippen molar-refractivity contribution in [2.24, 2.45) is 0 Å². The third-order valence-electron chi connectivity index (χ3n) is 2.79. The Kier molecular flexibility index (Phi) is 4.71. The average molecular weight is 254 g/mol. The lowest BCUT2D eigenvalue weighted by atomic mass is 10.1. The van der Waals surface area contributed by atoms with E-state index in [0.29, 0.717) is 0 Å². The van der Waals surface area contributed by atoms with Crippen LogP contribution in [0.15, 0.2) is 36.5 Å². The van der Waals surface area contributed by atoms with Gasteiger partial charge in [-0.1, -0.05) is 25.1 Å². The van der Waals surface area contributed by atoms with E-state index >= 15 is 0 Å². The van der Waals surface area contributed by atoms with Crippen LogP contribution in [0.2, 0.25) is 0 Å². The van der Waals surface area contributed by atoms with Crippen molar-refractivity contribution >= 4 is 0 Å². The molecule has 0 radical (unpaired) electrons. The molecule has 2 aromatic rings. The molecule has 0 aliphatic rings. The molecule has 1 atom stereocenters. The number of aromatic nitrogens is 3. The first-order valence-electron chi connectivity index (χ1n) is 6.45. The molecule has 0 aliphatic heterocycles. The Balaban J connectivity index is 2.20. The van der Waals surface area contributed by atoms with Crippen LogP contribution in [0.3, 0.4) is 0 Å². The number of nitrogens with zero attached hydrogens (tertiary/aromatic N) is 3. The highest BCUT2D eigenvalue weighted by atomic mass is 15.5. The van der Waals surface area contributed by atoms with E-state index in [1.165, 1.54) is 0 Å². The van der Waals surface area contributed by atoms with E-state index in [0.717, 1.165) is 24.3 Å². The van der Waals surface area contributed by atoms with Gasteiger partial charge < -0.3 is 5.32 Å². The first-order chi connectivity index (χ1) is 9.35. The minimum Gasteiger partial charge on any atom is -0.308 e. The van der Waals surface area contributed by atoms with Gasteiger partial charge in [-0.05, 0) is 25.6 Å². The van der Waals surface area contributed by atoms with Crippen molar-refractivity contribution in [1.29, 1.82) is 0 Å². The monoisotopic (exact) mass is 254 g/mol. The first-order valence-corrected chi connectivity index (χ1v) is 6.45. The van der Waals surface area contributed by atoms with Crippen LogP contribution < -0.4 is 5.32 Å². The molecule has 1 heterocycles. The summed E-state index contributed by atoms with van der Waals surface area (Å²) in [6.45, 7) is 4.81. The molecule has 98 valence electrons. The second-order valence-corrected chi connectivity index (χ2v) is 4.14. The Morgan fingerprint density at radius 2 is 2.11 bits per heavy atom. The maximum atomic E-state index is 4.53. The van der Waals surface area contributed by atoms with Gasteiger partial charge in [-0.2, -0.15) is 15.0 Å². The second kappa shape index (κ2) is 6.72. The lowest BCUT2D eigenvalue weighted by Crippen LogP contribution is -2.21. The number of rotatable bonds is 5. The quantitative estimate of drug-likeness (QED) is 0.833. The summed E-state index contributed by atoms with van der Waals surface area (Å²) in [6, 6.07) is 10.0. The van der Waals surface area contributed by atoms with Gasteiger partial charge in [-0.25, -0.2) is 0 Å². The van der Waals surface area contributed by atoms with E-state index in [4.69, 9.17) is 0 Å². The molecule has 0 aliphatic carbocycles. The summed E-state index contributed by atoms with van der Waals surface area (Å²) in [7, 11) is 0. The van der Waals surface area contributed by atoms with Crippen LogP contribution >= 0.6 is 0 Å². The Bertz CT molecular complexity index is 563. The van der Waals surface area contributed by atoms with Crippen LogP contribution in [0.25, 0.3) is 5.69 Å². The summed E-state index contributed by atoms with van der Waals surface area (Å²) in [4.78, 5) is 1.65. The van der Waals surface area contributed by atoms with E-state index < -0.39 is 0 Å². The van der Waals surface area contributed by atoms with Gasteiger partial charge in [0.05, 0.1) is 17.9 Å². The Labute approximate surface area is 113 Å². The SMILES string of the molecule is CC#CCC(NCC)c1cnn(-c2ccccc2)n1. The summed E-state index contributed by atoms with van der Waals surface area (Å²) >= 11 is 0. The van der Waals surface area contributed by atoms with Crippen molar-refractivity contribution in [3.63, 3.8) is 0 Å². The molecule has 4 nitrogen and oxygen atoms in total. The maximum Gasteiger partial charge on any atom is 0.101 e. The Morgan fingerprint density at radius 1 is 1.32 bits per heavy atom. The fourth-order valence-electron chi connectivity index (χ4n) is 1.85. The van der Waals surface area contributed by atoms with E-state index in [-0.39, 0.29) is 6.04 Å². The zero-order valence-electron chi connectivity index (χ0n) is 11.3. The molecule has 1 aromatic heterocycles. The van der Waals surface area contributed by atoms with Gasteiger partial charge >= 0.3 is 0 Å². The number of hydrogen-bond acceptors (Lipinski definition) is 3. The van der Waals surface area contributed by atoms with E-state index in [9.17, 15) is 0 Å². The van der Waals surface area contributed by atoms with Crippen LogP contribution in [0.5, 0.6) is 0 Å². The number of nitrogens with one attached hydrogen (secondary N) is 1. The lowest BCUT2D eigenvalue weighted by Gasteiger charge is -2.11. The standard InChI is InChI=1S/C15H18N4/c1-3-5-11-14(16-4-2)15-12-17-19(18-15)13-9-7-6-8-10-13/h6-10,12,14,16H,4,11H2,1-2H3. The topological polar surface area (TPSA) is 42.7 Å². The molecule has 4 heteroatoms. The van der Waals surface area contributed by atoms with Gasteiger partial charge in [-0.15, -0.1) is 11.8 Å². The minimum absolute atomic E-state index is 0.134. The summed E-state index contributed by atoms with van der Waals surface area (Å²) < 4.78 is 0. The predicted octanol–water partition coefficient (Wildman–Crippen LogP) is 2.33. The van der Waals surface area contributed by atoms with E-state index in [1.807, 2.05) is 37.3 Å². The van der Waals surface area contributed by atoms with Crippen molar-refractivity contribution < 1.29 is 0 Å². The molecular formula is C15H18N4. The van der Waals surface area contributed by atoms with Gasteiger partial charge in [0.2, 0.25) is 0 Å². The summed E-state index contributed by atoms with van der Waals surface area (Å²) in [5.41, 5.74) is 1.89. The summed E-state index contributed by atoms with van der Waals surface area (Å²) in [5, 5.41) is 12.2. The highest BCUT2D eigenvalue weighted by molar-refractivity contribution is 5.28. The van der Waals surface area contributed by atoms with Crippen molar-refractivity contribution in [3.05, 3.63) is 42.2 Å². The zero-order valence-corrected chi connectivity index (χ0v) is 11.3. The van der Waals surface area contributed by atoms with Crippen LogP contribution in [0, 0.1) is 11.8 Å². The minimum atomic E-state index is 0.134. The summed E-state index contributed by atoms with van der Waals surface area (Å²) in [5.74, 6) is 6.01. The molecule has 0 saturated carbocycles. The highest BCUT2D eigenvalue weighted by Gasteiger charge is 2.13. The zero-order chi connectivity index (χ0) is 13.5. The maximum absolute atomic E-state index is 4.53. The predicted molar refractivity (Wildman–Crippen MR) is 75.8 cm³/mol. The number of hydrogen-bond donors (Lipinski definition) is 1. The molecule has 0 saturated heterocycles. The van der Waals surface area contributed by atoms with Gasteiger partial charge in [0, 0.05) is 6.42 Å². The number of para-hydroxylation sites is 1. The largest absolute Gasteiger partial charge is 0.308 e. The normalized spacial score (nSPS) is 11.7. The first kappa shape index (κ1) is 13.3. The lowest BCUT2D eigenvalue weighted by molar-refractivity contribution is 0.545. The third kappa shape index (κ3) is 3.43. The highest BCUT2D eigenvalue weighted by Crippen LogP contribution is 2.14. The molecule has 0 bridgehead atoms. The van der Waals surface area contributed by atoms with Gasteiger partial charge in [-0.3, -0.25) is 0 Å². The van der Waals surface area contributed by atoms with Gasteiger partial charge in [0.15, 0.2) is 0 Å². The molecule has 1 N–H and O–H groups in total. The molecule has 0 fully saturated rings. The fourth-order valence-corrected chi connectivity index (χ4v) is 1.85. The van der Waals surface area contributed by atoms with Crippen LogP contribution in [0.4, 0.5) is 0 Å². The third-order valence-corrected chi connectivity index (χ3v) is 2.79. The molecular weight excluding hydrogens is 236 g/mol. The van der Waals surface area contributed by atoms with E-state index in [1.54, 1.807) is 11.0 Å². The van der Waals surface area contributed by atoms with E-state index in [2.05, 4.69) is 34.3 Å². The molecule has 0 spiro atoms. The molecule has 1 aromatic carbocycles. The Morgan fingerprint density at radius 3 is 2.79 bits per heavy atom. The smallest absolute Gasteiger partial charge is 0.101 e. The van der Waals surface area contributed by atoms with Crippen molar-refractivity contribution in [2.45, 2.75) is 26.3 Å². The summed E-state index contributed by atoms with van der Waals surface area (Å²) in [6.07, 6.45) is 2.55. The number of benzene rings is 1.